The van der Waals surface area contributed by atoms with Crippen LogP contribution in [-0.4, -0.2) is 52.4 Å². The lowest BCUT2D eigenvalue weighted by atomic mass is 10.0. The van der Waals surface area contributed by atoms with Gasteiger partial charge in [0.1, 0.15) is 12.6 Å². The maximum atomic E-state index is 12.9. The van der Waals surface area contributed by atoms with Crippen LogP contribution in [0.3, 0.4) is 0 Å². The number of hydrogen-bond donors (Lipinski definition) is 2. The molecule has 7 nitrogen and oxygen atoms in total. The van der Waals surface area contributed by atoms with Gasteiger partial charge in [0.2, 0.25) is 11.8 Å². The number of piperazine rings is 1. The van der Waals surface area contributed by atoms with Crippen molar-refractivity contribution in [2.24, 2.45) is 0 Å². The molecule has 140 valence electrons. The third kappa shape index (κ3) is 4.15. The first-order chi connectivity index (χ1) is 13.0. The lowest BCUT2D eigenvalue weighted by Gasteiger charge is -2.38. The number of nitrogens with zero attached hydrogens (tertiary/aromatic N) is 2. The minimum Gasteiger partial charge on any atom is -0.332 e. The molecule has 1 aliphatic rings. The van der Waals surface area contributed by atoms with Gasteiger partial charge in [0.15, 0.2) is 0 Å². The Morgan fingerprint density at radius 1 is 1.07 bits per heavy atom. The first kappa shape index (κ1) is 18.6. The van der Waals surface area contributed by atoms with E-state index in [2.05, 4.69) is 0 Å². The smallest absolute Gasteiger partial charge is 0.274 e. The zero-order valence-electron chi connectivity index (χ0n) is 15.0. The molecule has 0 radical (unpaired) electrons. The number of amides is 3. The molecule has 1 aliphatic heterocycles. The molecule has 7 heteroatoms. The van der Waals surface area contributed by atoms with Crippen molar-refractivity contribution >= 4 is 17.7 Å². The second-order valence-electron chi connectivity index (χ2n) is 6.54. The largest absolute Gasteiger partial charge is 0.332 e. The molecule has 1 atom stereocenters. The number of hydroxylamine groups is 1. The summed E-state index contributed by atoms with van der Waals surface area (Å²) in [6.45, 7) is 0.310. The normalized spacial score (nSPS) is 17.2. The van der Waals surface area contributed by atoms with Gasteiger partial charge in [-0.1, -0.05) is 42.5 Å². The van der Waals surface area contributed by atoms with Crippen molar-refractivity contribution in [3.63, 3.8) is 0 Å². The Morgan fingerprint density at radius 2 is 1.74 bits per heavy atom. The van der Waals surface area contributed by atoms with Gasteiger partial charge in [-0.3, -0.25) is 19.6 Å². The summed E-state index contributed by atoms with van der Waals surface area (Å²) in [7, 11) is 1.66. The van der Waals surface area contributed by atoms with Gasteiger partial charge in [-0.05, 0) is 23.3 Å². The van der Waals surface area contributed by atoms with Crippen LogP contribution in [0.1, 0.15) is 21.5 Å². The van der Waals surface area contributed by atoms with E-state index in [1.165, 1.54) is 9.80 Å². The van der Waals surface area contributed by atoms with Crippen LogP contribution >= 0.6 is 0 Å². The Morgan fingerprint density at radius 3 is 2.37 bits per heavy atom. The van der Waals surface area contributed by atoms with Crippen molar-refractivity contribution in [1.29, 1.82) is 0 Å². The van der Waals surface area contributed by atoms with E-state index in [0.717, 1.165) is 11.1 Å². The molecule has 2 N–H and O–H groups in total. The van der Waals surface area contributed by atoms with Gasteiger partial charge in [-0.25, -0.2) is 5.48 Å². The average molecular weight is 367 g/mol. The van der Waals surface area contributed by atoms with E-state index in [4.69, 9.17) is 5.21 Å². The summed E-state index contributed by atoms with van der Waals surface area (Å²) in [6, 6.07) is 15.6. The topological polar surface area (TPSA) is 90.0 Å². The molecule has 0 aliphatic carbocycles. The van der Waals surface area contributed by atoms with Gasteiger partial charge in [-0.15, -0.1) is 0 Å². The first-order valence-electron chi connectivity index (χ1n) is 8.61. The van der Waals surface area contributed by atoms with Crippen molar-refractivity contribution in [2.75, 3.05) is 13.6 Å². The van der Waals surface area contributed by atoms with Gasteiger partial charge in [-0.2, -0.15) is 0 Å². The van der Waals surface area contributed by atoms with Crippen molar-refractivity contribution in [1.82, 2.24) is 15.3 Å². The van der Waals surface area contributed by atoms with E-state index in [9.17, 15) is 14.4 Å². The van der Waals surface area contributed by atoms with Crippen molar-refractivity contribution in [2.45, 2.75) is 19.0 Å². The Kier molecular flexibility index (Phi) is 5.52. The number of carbonyl (C=O) groups excluding carboxylic acids is 3. The monoisotopic (exact) mass is 367 g/mol. The quantitative estimate of drug-likeness (QED) is 0.614. The number of benzene rings is 2. The van der Waals surface area contributed by atoms with E-state index in [1.54, 1.807) is 36.8 Å². The number of hydrogen-bond acceptors (Lipinski definition) is 4. The van der Waals surface area contributed by atoms with Crippen LogP contribution in [0.5, 0.6) is 0 Å². The molecular formula is C20H21N3O4. The highest BCUT2D eigenvalue weighted by molar-refractivity contribution is 5.95. The molecule has 2 aromatic carbocycles. The molecule has 1 unspecified atom stereocenters. The fraction of sp³-hybridized carbons (Fsp3) is 0.250. The standard InChI is InChI=1S/C20H21N3O4/c1-22-17(11-14-5-3-2-4-6-14)20(26)23(13-18(22)24)12-15-7-9-16(10-8-15)19(25)21-27/h2-10,17,27H,11-13H2,1H3,(H,21,25). The molecule has 27 heavy (non-hydrogen) atoms. The van der Waals surface area contributed by atoms with Crippen LogP contribution in [0.2, 0.25) is 0 Å². The lowest BCUT2D eigenvalue weighted by molar-refractivity contribution is -0.154. The number of nitrogens with one attached hydrogen (secondary N) is 1. The molecule has 1 saturated heterocycles. The zero-order chi connectivity index (χ0) is 19.4. The predicted molar refractivity (Wildman–Crippen MR) is 97.8 cm³/mol. The summed E-state index contributed by atoms with van der Waals surface area (Å²) in [5.41, 5.74) is 3.68. The van der Waals surface area contributed by atoms with Crippen LogP contribution in [0.4, 0.5) is 0 Å². The minimum absolute atomic E-state index is 0.0273. The predicted octanol–water partition coefficient (Wildman–Crippen LogP) is 1.22. The van der Waals surface area contributed by atoms with Gasteiger partial charge in [0, 0.05) is 25.6 Å². The van der Waals surface area contributed by atoms with E-state index >= 15 is 0 Å². The second-order valence-corrected chi connectivity index (χ2v) is 6.54. The van der Waals surface area contributed by atoms with Gasteiger partial charge in [0.05, 0.1) is 0 Å². The summed E-state index contributed by atoms with van der Waals surface area (Å²) < 4.78 is 0. The fourth-order valence-corrected chi connectivity index (χ4v) is 3.14. The number of likely N-dealkylation sites (N-methyl/N-ethyl adjacent to an activating group) is 1. The average Bonchev–Trinajstić information content (AvgIpc) is 2.70. The molecule has 0 aromatic heterocycles. The van der Waals surface area contributed by atoms with E-state index < -0.39 is 11.9 Å². The third-order valence-corrected chi connectivity index (χ3v) is 4.75. The number of carbonyl (C=O) groups is 3. The molecular weight excluding hydrogens is 346 g/mol. The second kappa shape index (κ2) is 8.01. The van der Waals surface area contributed by atoms with Crippen molar-refractivity contribution in [3.8, 4) is 0 Å². The maximum absolute atomic E-state index is 12.9. The highest BCUT2D eigenvalue weighted by atomic mass is 16.5. The van der Waals surface area contributed by atoms with E-state index in [1.807, 2.05) is 30.3 Å². The van der Waals surface area contributed by atoms with E-state index in [0.29, 0.717) is 12.0 Å². The molecule has 0 bridgehead atoms. The van der Waals surface area contributed by atoms with Crippen LogP contribution in [0, 0.1) is 0 Å². The summed E-state index contributed by atoms with van der Waals surface area (Å²) in [4.78, 5) is 39.8. The summed E-state index contributed by atoms with van der Waals surface area (Å²) in [5, 5.41) is 8.66. The van der Waals surface area contributed by atoms with E-state index in [-0.39, 0.29) is 24.9 Å². The highest BCUT2D eigenvalue weighted by Crippen LogP contribution is 2.18. The van der Waals surface area contributed by atoms with Gasteiger partial charge < -0.3 is 9.80 Å². The Hall–Kier alpha value is -3.19. The Balaban J connectivity index is 1.74. The minimum atomic E-state index is -0.602. The Bertz CT molecular complexity index is 836. The fourth-order valence-electron chi connectivity index (χ4n) is 3.14. The van der Waals surface area contributed by atoms with Crippen LogP contribution in [0.25, 0.3) is 0 Å². The lowest BCUT2D eigenvalue weighted by Crippen LogP contribution is -2.58. The molecule has 1 fully saturated rings. The maximum Gasteiger partial charge on any atom is 0.274 e. The third-order valence-electron chi connectivity index (χ3n) is 4.75. The van der Waals surface area contributed by atoms with Crippen LogP contribution < -0.4 is 5.48 Å². The molecule has 0 saturated carbocycles. The number of rotatable bonds is 5. The van der Waals surface area contributed by atoms with Gasteiger partial charge >= 0.3 is 0 Å². The SMILES string of the molecule is CN1C(=O)CN(Cc2ccc(C(=O)NO)cc2)C(=O)C1Cc1ccccc1. The molecule has 3 rings (SSSR count). The molecule has 2 aromatic rings. The van der Waals surface area contributed by atoms with Gasteiger partial charge in [0.25, 0.3) is 5.91 Å². The van der Waals surface area contributed by atoms with Crippen molar-refractivity contribution < 1.29 is 19.6 Å². The molecule has 0 spiro atoms. The molecule has 3 amide bonds. The van der Waals surface area contributed by atoms with Crippen molar-refractivity contribution in [3.05, 3.63) is 71.3 Å². The van der Waals surface area contributed by atoms with Crippen LogP contribution in [-0.2, 0) is 22.6 Å². The summed E-state index contributed by atoms with van der Waals surface area (Å²) in [6.07, 6.45) is 0.466. The highest BCUT2D eigenvalue weighted by Gasteiger charge is 2.37. The first-order valence-corrected chi connectivity index (χ1v) is 8.61. The van der Waals surface area contributed by atoms with Crippen LogP contribution in [0.15, 0.2) is 54.6 Å². The zero-order valence-corrected chi connectivity index (χ0v) is 15.0. The summed E-state index contributed by atoms with van der Waals surface area (Å²) in [5.74, 6) is -0.805. The Labute approximate surface area is 157 Å². The summed E-state index contributed by atoms with van der Waals surface area (Å²) >= 11 is 0. The molecule has 1 heterocycles.